The summed E-state index contributed by atoms with van der Waals surface area (Å²) in [6, 6.07) is 5.73. The number of alkyl halides is 2. The van der Waals surface area contributed by atoms with Crippen molar-refractivity contribution in [3.63, 3.8) is 0 Å². The first kappa shape index (κ1) is 19.8. The minimum atomic E-state index is -3.87. The van der Waals surface area contributed by atoms with Gasteiger partial charge in [0, 0.05) is 33.0 Å². The third-order valence-corrected chi connectivity index (χ3v) is 6.99. The number of carbonyl (C=O) groups is 1. The number of hydrazone groups is 1. The van der Waals surface area contributed by atoms with E-state index in [9.17, 15) is 27.1 Å². The highest BCUT2D eigenvalue weighted by molar-refractivity contribution is 7.89. The summed E-state index contributed by atoms with van der Waals surface area (Å²) in [4.78, 5) is 12.2. The van der Waals surface area contributed by atoms with Crippen LogP contribution in [0.4, 0.5) is 8.78 Å². The maximum atomic E-state index is 13.3. The van der Waals surface area contributed by atoms with Gasteiger partial charge in [0.1, 0.15) is 5.41 Å². The number of nitrogens with zero attached hydrogens (tertiary/aromatic N) is 3. The van der Waals surface area contributed by atoms with Crippen molar-refractivity contribution in [2.24, 2.45) is 10.5 Å². The van der Waals surface area contributed by atoms with Crippen LogP contribution in [0.25, 0.3) is 0 Å². The van der Waals surface area contributed by atoms with Crippen LogP contribution in [0.15, 0.2) is 34.3 Å². The number of hydrogen-bond donors (Lipinski definition) is 1. The normalized spacial score (nSPS) is 26.3. The lowest BCUT2D eigenvalue weighted by molar-refractivity contribution is -0.135. The largest absolute Gasteiger partial charge is 0.395 e. The van der Waals surface area contributed by atoms with Crippen LogP contribution >= 0.6 is 0 Å². The van der Waals surface area contributed by atoms with E-state index in [0.29, 0.717) is 11.3 Å². The Morgan fingerprint density at radius 3 is 2.26 bits per heavy atom. The molecule has 1 aromatic rings. The summed E-state index contributed by atoms with van der Waals surface area (Å²) < 4.78 is 52.9. The summed E-state index contributed by atoms with van der Waals surface area (Å²) in [5.41, 5.74) is -0.347. The predicted molar refractivity (Wildman–Crippen MR) is 93.9 cm³/mol. The summed E-state index contributed by atoms with van der Waals surface area (Å²) >= 11 is 0. The van der Waals surface area contributed by atoms with Crippen LogP contribution in [0.3, 0.4) is 0 Å². The van der Waals surface area contributed by atoms with Crippen molar-refractivity contribution in [2.45, 2.75) is 30.6 Å². The van der Waals surface area contributed by atoms with E-state index >= 15 is 0 Å². The van der Waals surface area contributed by atoms with E-state index in [4.69, 9.17) is 0 Å². The second kappa shape index (κ2) is 6.61. The summed E-state index contributed by atoms with van der Waals surface area (Å²) in [5.74, 6) is -3.19. The number of piperidine rings is 1. The minimum absolute atomic E-state index is 0.0135. The monoisotopic (exact) mass is 401 g/mol. The molecule has 7 nitrogen and oxygen atoms in total. The van der Waals surface area contributed by atoms with Gasteiger partial charge in [-0.1, -0.05) is 12.1 Å². The molecular weight excluding hydrogens is 380 g/mol. The average molecular weight is 401 g/mol. The molecule has 0 radical (unpaired) electrons. The first-order valence-electron chi connectivity index (χ1n) is 8.48. The fraction of sp³-hybridized carbons (Fsp3) is 0.529. The number of carbonyl (C=O) groups excluding carboxylic acids is 1. The Balaban J connectivity index is 1.86. The molecule has 0 spiro atoms. The molecule has 1 saturated heterocycles. The number of hydrogen-bond acceptors (Lipinski definition) is 5. The van der Waals surface area contributed by atoms with Gasteiger partial charge in [-0.2, -0.15) is 9.41 Å². The number of aliphatic hydroxyl groups excluding tert-OH is 1. The molecule has 2 aliphatic heterocycles. The van der Waals surface area contributed by atoms with Crippen molar-refractivity contribution >= 4 is 21.6 Å². The molecule has 10 heteroatoms. The van der Waals surface area contributed by atoms with Crippen molar-refractivity contribution in [3.05, 3.63) is 29.8 Å². The Labute approximate surface area is 156 Å². The highest BCUT2D eigenvalue weighted by Gasteiger charge is 2.46. The predicted octanol–water partition coefficient (Wildman–Crippen LogP) is 1.28. The quantitative estimate of drug-likeness (QED) is 0.823. The number of amides is 1. The molecule has 0 saturated carbocycles. The highest BCUT2D eigenvalue weighted by Crippen LogP contribution is 2.33. The van der Waals surface area contributed by atoms with Gasteiger partial charge < -0.3 is 5.11 Å². The van der Waals surface area contributed by atoms with Gasteiger partial charge in [0.15, 0.2) is 0 Å². The van der Waals surface area contributed by atoms with E-state index < -0.39 is 40.8 Å². The van der Waals surface area contributed by atoms with E-state index in [-0.39, 0.29) is 23.9 Å². The Morgan fingerprint density at radius 2 is 1.74 bits per heavy atom. The highest BCUT2D eigenvalue weighted by atomic mass is 32.2. The number of halogens is 2. The molecule has 0 aliphatic carbocycles. The summed E-state index contributed by atoms with van der Waals surface area (Å²) in [5, 5.41) is 15.0. The second-order valence-corrected chi connectivity index (χ2v) is 8.99. The van der Waals surface area contributed by atoms with Gasteiger partial charge >= 0.3 is 0 Å². The minimum Gasteiger partial charge on any atom is -0.395 e. The molecule has 2 aliphatic rings. The summed E-state index contributed by atoms with van der Waals surface area (Å²) in [6.45, 7) is 0.671. The fourth-order valence-electron chi connectivity index (χ4n) is 3.27. The lowest BCUT2D eigenvalue weighted by atomic mass is 9.82. The second-order valence-electron chi connectivity index (χ2n) is 7.05. The van der Waals surface area contributed by atoms with Crippen LogP contribution in [0, 0.1) is 5.41 Å². The molecule has 27 heavy (non-hydrogen) atoms. The molecule has 3 rings (SSSR count). The van der Waals surface area contributed by atoms with Crippen molar-refractivity contribution < 1.29 is 27.1 Å². The maximum Gasteiger partial charge on any atom is 0.256 e. The van der Waals surface area contributed by atoms with E-state index in [1.807, 2.05) is 0 Å². The number of rotatable bonds is 4. The van der Waals surface area contributed by atoms with Gasteiger partial charge in [0.05, 0.1) is 17.2 Å². The maximum absolute atomic E-state index is 13.3. The van der Waals surface area contributed by atoms with E-state index in [1.54, 1.807) is 6.92 Å². The number of sulfonamides is 1. The molecule has 0 aromatic heterocycles. The molecule has 1 amide bonds. The molecule has 1 unspecified atom stereocenters. The molecule has 0 bridgehead atoms. The van der Waals surface area contributed by atoms with Crippen LogP contribution < -0.4 is 0 Å². The van der Waals surface area contributed by atoms with Crippen LogP contribution in [0.2, 0.25) is 0 Å². The Bertz CT molecular complexity index is 876. The molecule has 2 heterocycles. The zero-order valence-electron chi connectivity index (χ0n) is 15.0. The van der Waals surface area contributed by atoms with Crippen molar-refractivity contribution in [3.8, 4) is 0 Å². The molecule has 1 fully saturated rings. The zero-order valence-corrected chi connectivity index (χ0v) is 15.8. The van der Waals surface area contributed by atoms with Crippen LogP contribution in [-0.2, 0) is 14.8 Å². The van der Waals surface area contributed by atoms with Crippen LogP contribution in [0.5, 0.6) is 0 Å². The standard InChI is InChI=1S/C17H21F2N3O4S/c1-16(11-23)14(20-21(2)15(16)24)12-3-5-13(6-4-12)27(25,26)22-9-7-17(18,19)8-10-22/h3-6,23H,7-11H2,1-2H3. The lowest BCUT2D eigenvalue weighted by Gasteiger charge is -2.30. The molecule has 1 N–H and O–H groups in total. The Hall–Kier alpha value is -1.91. The molecule has 148 valence electrons. The Morgan fingerprint density at radius 1 is 1.19 bits per heavy atom. The number of benzene rings is 1. The van der Waals surface area contributed by atoms with Gasteiger partial charge in [0.25, 0.3) is 11.8 Å². The Kier molecular flexibility index (Phi) is 4.86. The van der Waals surface area contributed by atoms with E-state index in [0.717, 1.165) is 9.31 Å². The van der Waals surface area contributed by atoms with Crippen LogP contribution in [0.1, 0.15) is 25.3 Å². The zero-order chi connectivity index (χ0) is 20.0. The SMILES string of the molecule is CN1N=C(c2ccc(S(=O)(=O)N3CCC(F)(F)CC3)cc2)C(C)(CO)C1=O. The molecule has 1 aromatic carbocycles. The van der Waals surface area contributed by atoms with Crippen molar-refractivity contribution in [2.75, 3.05) is 26.7 Å². The third kappa shape index (κ3) is 3.37. The summed E-state index contributed by atoms with van der Waals surface area (Å²) in [7, 11) is -2.39. The van der Waals surface area contributed by atoms with Crippen LogP contribution in [-0.4, -0.2) is 67.1 Å². The first-order valence-corrected chi connectivity index (χ1v) is 9.92. The van der Waals surface area contributed by atoms with E-state index in [2.05, 4.69) is 5.10 Å². The topological polar surface area (TPSA) is 90.3 Å². The fourth-order valence-corrected chi connectivity index (χ4v) is 4.71. The average Bonchev–Trinajstić information content (AvgIpc) is 2.86. The van der Waals surface area contributed by atoms with Gasteiger partial charge in [0.2, 0.25) is 10.0 Å². The van der Waals surface area contributed by atoms with Gasteiger partial charge in [-0.05, 0) is 24.6 Å². The molecule has 1 atom stereocenters. The molecular formula is C17H21F2N3O4S. The van der Waals surface area contributed by atoms with Gasteiger partial charge in [-0.3, -0.25) is 4.79 Å². The van der Waals surface area contributed by atoms with Gasteiger partial charge in [-0.25, -0.2) is 22.2 Å². The smallest absolute Gasteiger partial charge is 0.256 e. The first-order chi connectivity index (χ1) is 12.5. The van der Waals surface area contributed by atoms with Gasteiger partial charge in [-0.15, -0.1) is 0 Å². The number of aliphatic hydroxyl groups is 1. The van der Waals surface area contributed by atoms with E-state index in [1.165, 1.54) is 31.3 Å². The van der Waals surface area contributed by atoms with Crippen molar-refractivity contribution in [1.82, 2.24) is 9.31 Å². The third-order valence-electron chi connectivity index (χ3n) is 5.07. The lowest BCUT2D eigenvalue weighted by Crippen LogP contribution is -2.42. The van der Waals surface area contributed by atoms with Crippen molar-refractivity contribution in [1.29, 1.82) is 0 Å². The summed E-state index contributed by atoms with van der Waals surface area (Å²) in [6.07, 6.45) is -0.991.